The Hall–Kier alpha value is -1.96. The second-order valence-corrected chi connectivity index (χ2v) is 5.93. The molecule has 20 heavy (non-hydrogen) atoms. The lowest BCUT2D eigenvalue weighted by Gasteiger charge is -2.29. The van der Waals surface area contributed by atoms with Crippen molar-refractivity contribution in [3.63, 3.8) is 0 Å². The monoisotopic (exact) mass is 264 g/mol. The second-order valence-electron chi connectivity index (χ2n) is 5.93. The molecule has 0 amide bonds. The van der Waals surface area contributed by atoms with E-state index < -0.39 is 0 Å². The molecule has 0 aromatic heterocycles. The highest BCUT2D eigenvalue weighted by Gasteiger charge is 2.37. The van der Waals surface area contributed by atoms with Crippen molar-refractivity contribution in [1.82, 2.24) is 10.2 Å². The van der Waals surface area contributed by atoms with Crippen LogP contribution < -0.4 is 5.32 Å². The van der Waals surface area contributed by atoms with Crippen LogP contribution in [0.4, 0.5) is 0 Å². The van der Waals surface area contributed by atoms with Crippen LogP contribution in [-0.2, 0) is 0 Å². The first-order valence-corrected chi connectivity index (χ1v) is 7.54. The minimum absolute atomic E-state index is 0.521. The quantitative estimate of drug-likeness (QED) is 0.778. The maximum atomic E-state index is 3.57. The number of nitrogens with zero attached hydrogens (tertiary/aromatic N) is 1. The normalized spacial score (nSPS) is 30.8. The Bertz CT molecular complexity index is 613. The molecule has 2 aliphatic heterocycles. The van der Waals surface area contributed by atoms with E-state index in [1.165, 1.54) is 22.8 Å². The fraction of sp³-hybridized carbons (Fsp3) is 0.333. The van der Waals surface area contributed by atoms with Crippen LogP contribution in [0, 0.1) is 11.8 Å². The van der Waals surface area contributed by atoms with E-state index in [9.17, 15) is 0 Å². The maximum absolute atomic E-state index is 3.57. The van der Waals surface area contributed by atoms with Crippen molar-refractivity contribution in [2.75, 3.05) is 6.54 Å². The van der Waals surface area contributed by atoms with Crippen molar-refractivity contribution >= 4 is 0 Å². The summed E-state index contributed by atoms with van der Waals surface area (Å²) >= 11 is 0. The van der Waals surface area contributed by atoms with E-state index in [2.05, 4.69) is 65.7 Å². The topological polar surface area (TPSA) is 15.3 Å². The van der Waals surface area contributed by atoms with E-state index in [1.807, 2.05) is 0 Å². The zero-order valence-corrected chi connectivity index (χ0v) is 11.8. The van der Waals surface area contributed by atoms with Crippen molar-refractivity contribution < 1.29 is 0 Å². The van der Waals surface area contributed by atoms with Gasteiger partial charge in [0.2, 0.25) is 0 Å². The summed E-state index contributed by atoms with van der Waals surface area (Å²) in [5, 5.41) is 3.57. The van der Waals surface area contributed by atoms with Gasteiger partial charge in [0.05, 0.1) is 0 Å². The zero-order chi connectivity index (χ0) is 13.5. The van der Waals surface area contributed by atoms with Crippen LogP contribution in [0.5, 0.6) is 0 Å². The molecule has 4 rings (SSSR count). The molecule has 0 aromatic carbocycles. The number of rotatable bonds is 1. The first kappa shape index (κ1) is 11.8. The molecule has 0 spiro atoms. The van der Waals surface area contributed by atoms with Crippen molar-refractivity contribution in [1.29, 1.82) is 0 Å². The second kappa shape index (κ2) is 4.55. The standard InChI is InChI=1S/C18H20N2/c1-13-8-10-14(11-9-13)20-17-7-3-2-5-15(17)16-6-4-12-19-18(16)20/h2-4,6-8,10-11,13,15,19H,5,9,12H2,1H3. The number of nitrogens with one attached hydrogen (secondary N) is 1. The van der Waals surface area contributed by atoms with Crippen LogP contribution >= 0.6 is 0 Å². The summed E-state index contributed by atoms with van der Waals surface area (Å²) in [5.74, 6) is 2.47. The third-order valence-corrected chi connectivity index (χ3v) is 4.50. The SMILES string of the molecule is CC1C=CC(N2C3=CC=CCC3C3=C2NCC=C3)=CC1. The van der Waals surface area contributed by atoms with Crippen molar-refractivity contribution in [2.24, 2.45) is 11.8 Å². The van der Waals surface area contributed by atoms with Gasteiger partial charge in [0.15, 0.2) is 0 Å². The molecule has 102 valence electrons. The highest BCUT2D eigenvalue weighted by molar-refractivity contribution is 5.50. The van der Waals surface area contributed by atoms with Gasteiger partial charge < -0.3 is 10.2 Å². The predicted molar refractivity (Wildman–Crippen MR) is 82.3 cm³/mol. The molecule has 4 aliphatic rings. The molecule has 2 nitrogen and oxygen atoms in total. The summed E-state index contributed by atoms with van der Waals surface area (Å²) in [7, 11) is 0. The van der Waals surface area contributed by atoms with Gasteiger partial charge in [-0.2, -0.15) is 0 Å². The van der Waals surface area contributed by atoms with Gasteiger partial charge in [-0.25, -0.2) is 0 Å². The molecule has 0 saturated heterocycles. The summed E-state index contributed by atoms with van der Waals surface area (Å²) in [5.41, 5.74) is 4.18. The molecule has 2 heteroatoms. The Morgan fingerprint density at radius 2 is 2.15 bits per heavy atom. The summed E-state index contributed by atoms with van der Waals surface area (Å²) < 4.78 is 0. The summed E-state index contributed by atoms with van der Waals surface area (Å²) in [4.78, 5) is 2.43. The van der Waals surface area contributed by atoms with Gasteiger partial charge in [0.25, 0.3) is 0 Å². The van der Waals surface area contributed by atoms with Gasteiger partial charge in [-0.05, 0) is 30.9 Å². The number of allylic oxidation sites excluding steroid dienone is 8. The molecule has 1 N–H and O–H groups in total. The summed E-state index contributed by atoms with van der Waals surface area (Å²) in [6.07, 6.45) is 20.5. The molecular weight excluding hydrogens is 244 g/mol. The highest BCUT2D eigenvalue weighted by Crippen LogP contribution is 2.44. The molecule has 2 heterocycles. The Morgan fingerprint density at radius 1 is 1.20 bits per heavy atom. The Balaban J connectivity index is 1.78. The van der Waals surface area contributed by atoms with E-state index in [4.69, 9.17) is 0 Å². The van der Waals surface area contributed by atoms with Crippen LogP contribution in [-0.4, -0.2) is 11.4 Å². The Morgan fingerprint density at radius 3 is 3.00 bits per heavy atom. The lowest BCUT2D eigenvalue weighted by molar-refractivity contribution is 0.483. The van der Waals surface area contributed by atoms with E-state index in [0.717, 1.165) is 19.4 Å². The van der Waals surface area contributed by atoms with E-state index >= 15 is 0 Å². The van der Waals surface area contributed by atoms with Crippen molar-refractivity contribution in [2.45, 2.75) is 19.8 Å². The largest absolute Gasteiger partial charge is 0.367 e. The van der Waals surface area contributed by atoms with Crippen molar-refractivity contribution in [3.8, 4) is 0 Å². The van der Waals surface area contributed by atoms with Crippen LogP contribution in [0.25, 0.3) is 0 Å². The van der Waals surface area contributed by atoms with Gasteiger partial charge in [-0.15, -0.1) is 0 Å². The van der Waals surface area contributed by atoms with Gasteiger partial charge in [0, 0.05) is 29.4 Å². The predicted octanol–water partition coefficient (Wildman–Crippen LogP) is 3.61. The highest BCUT2D eigenvalue weighted by atomic mass is 15.3. The molecule has 0 fully saturated rings. The van der Waals surface area contributed by atoms with Gasteiger partial charge in [-0.1, -0.05) is 43.4 Å². The van der Waals surface area contributed by atoms with Crippen LogP contribution in [0.15, 0.2) is 71.4 Å². The third-order valence-electron chi connectivity index (χ3n) is 4.50. The van der Waals surface area contributed by atoms with E-state index in [1.54, 1.807) is 0 Å². The first-order valence-electron chi connectivity index (χ1n) is 7.54. The van der Waals surface area contributed by atoms with E-state index in [0.29, 0.717) is 11.8 Å². The first-order chi connectivity index (χ1) is 9.84. The number of fused-ring (bicyclic) bond motifs is 2. The lowest BCUT2D eigenvalue weighted by atomic mass is 9.91. The molecule has 0 radical (unpaired) electrons. The molecule has 2 aliphatic carbocycles. The average molecular weight is 264 g/mol. The number of hydrogen-bond acceptors (Lipinski definition) is 2. The Kier molecular flexibility index (Phi) is 2.69. The van der Waals surface area contributed by atoms with Gasteiger partial charge in [-0.3, -0.25) is 0 Å². The summed E-state index contributed by atoms with van der Waals surface area (Å²) in [6.45, 7) is 3.20. The molecular formula is C18H20N2. The number of hydrogen-bond donors (Lipinski definition) is 1. The van der Waals surface area contributed by atoms with Crippen LogP contribution in [0.3, 0.4) is 0 Å². The molecule has 2 unspecified atom stereocenters. The fourth-order valence-corrected chi connectivity index (χ4v) is 3.44. The fourth-order valence-electron chi connectivity index (χ4n) is 3.44. The third kappa shape index (κ3) is 1.71. The minimum atomic E-state index is 0.521. The molecule has 2 atom stereocenters. The lowest BCUT2D eigenvalue weighted by Crippen LogP contribution is -2.29. The zero-order valence-electron chi connectivity index (χ0n) is 11.8. The molecule has 0 bridgehead atoms. The summed E-state index contributed by atoms with van der Waals surface area (Å²) in [6, 6.07) is 0. The van der Waals surface area contributed by atoms with Gasteiger partial charge >= 0.3 is 0 Å². The Labute approximate surface area is 120 Å². The van der Waals surface area contributed by atoms with Gasteiger partial charge in [0.1, 0.15) is 5.82 Å². The maximum Gasteiger partial charge on any atom is 0.114 e. The molecule has 0 aromatic rings. The smallest absolute Gasteiger partial charge is 0.114 e. The number of dihydropyridines is 1. The van der Waals surface area contributed by atoms with Crippen LogP contribution in [0.1, 0.15) is 19.8 Å². The average Bonchev–Trinajstić information content (AvgIpc) is 2.83. The van der Waals surface area contributed by atoms with Crippen molar-refractivity contribution in [3.05, 3.63) is 71.4 Å². The minimum Gasteiger partial charge on any atom is -0.367 e. The molecule has 0 saturated carbocycles. The van der Waals surface area contributed by atoms with Crippen LogP contribution in [0.2, 0.25) is 0 Å². The van der Waals surface area contributed by atoms with E-state index in [-0.39, 0.29) is 0 Å².